The molecule has 0 aliphatic heterocycles. The van der Waals surface area contributed by atoms with Crippen LogP contribution in [0.4, 0.5) is 5.82 Å². The largest absolute Gasteiger partial charge is 0.304 e. The van der Waals surface area contributed by atoms with E-state index in [4.69, 9.17) is 23.2 Å². The van der Waals surface area contributed by atoms with E-state index in [0.29, 0.717) is 28.1 Å². The Labute approximate surface area is 158 Å². The van der Waals surface area contributed by atoms with Gasteiger partial charge in [-0.3, -0.25) is 9.48 Å². The molecule has 3 heterocycles. The van der Waals surface area contributed by atoms with E-state index in [1.54, 1.807) is 59.7 Å². The number of hydrogen-bond donors (Lipinski definition) is 1. The molecular weight excluding hydrogens is 375 g/mol. The summed E-state index contributed by atoms with van der Waals surface area (Å²) >= 11 is 12.4. The molecule has 0 spiro atoms. The molecule has 26 heavy (non-hydrogen) atoms. The minimum absolute atomic E-state index is 0.257. The molecule has 7 nitrogen and oxygen atoms in total. The van der Waals surface area contributed by atoms with E-state index in [0.717, 1.165) is 5.56 Å². The summed E-state index contributed by atoms with van der Waals surface area (Å²) in [4.78, 5) is 16.5. The number of benzene rings is 1. The second-order valence-electron chi connectivity index (χ2n) is 5.50. The molecule has 0 aliphatic carbocycles. The molecule has 4 rings (SSSR count). The standard InChI is InChI=1S/C17H12Cl2N6O/c18-12-3-1-4-13(19)11(12)10-24-8-5-15(23-24)21-17(26)14-9-16-20-6-2-7-25(16)22-14/h1-9H,10H2,(H,21,23,26). The highest BCUT2D eigenvalue weighted by atomic mass is 35.5. The van der Waals surface area contributed by atoms with Crippen molar-refractivity contribution in [3.63, 3.8) is 0 Å². The van der Waals surface area contributed by atoms with Crippen LogP contribution in [0.5, 0.6) is 0 Å². The third-order valence-electron chi connectivity index (χ3n) is 3.73. The summed E-state index contributed by atoms with van der Waals surface area (Å²) < 4.78 is 3.18. The second-order valence-corrected chi connectivity index (χ2v) is 6.32. The van der Waals surface area contributed by atoms with Crippen LogP contribution < -0.4 is 5.32 Å². The predicted octanol–water partition coefficient (Wildman–Crippen LogP) is 3.53. The third kappa shape index (κ3) is 3.26. The molecule has 0 saturated heterocycles. The maximum atomic E-state index is 12.4. The van der Waals surface area contributed by atoms with Gasteiger partial charge in [-0.2, -0.15) is 10.2 Å². The average molecular weight is 387 g/mol. The van der Waals surface area contributed by atoms with E-state index >= 15 is 0 Å². The Bertz CT molecular complexity index is 1050. The summed E-state index contributed by atoms with van der Waals surface area (Å²) in [6.07, 6.45) is 5.10. The number of carbonyl (C=O) groups excluding carboxylic acids is 1. The molecule has 0 saturated carbocycles. The van der Waals surface area contributed by atoms with Crippen LogP contribution in [0.1, 0.15) is 16.1 Å². The zero-order valence-electron chi connectivity index (χ0n) is 13.3. The number of hydrogen-bond acceptors (Lipinski definition) is 4. The highest BCUT2D eigenvalue weighted by Crippen LogP contribution is 2.25. The molecule has 130 valence electrons. The first-order valence-electron chi connectivity index (χ1n) is 7.68. The molecule has 9 heteroatoms. The smallest absolute Gasteiger partial charge is 0.277 e. The van der Waals surface area contributed by atoms with Crippen molar-refractivity contribution in [1.82, 2.24) is 24.4 Å². The van der Waals surface area contributed by atoms with Crippen molar-refractivity contribution in [2.24, 2.45) is 0 Å². The van der Waals surface area contributed by atoms with Gasteiger partial charge in [-0.05, 0) is 18.2 Å². The molecule has 0 radical (unpaired) electrons. The maximum absolute atomic E-state index is 12.4. The van der Waals surface area contributed by atoms with Gasteiger partial charge in [0.15, 0.2) is 17.2 Å². The van der Waals surface area contributed by atoms with Crippen molar-refractivity contribution in [3.05, 3.63) is 76.3 Å². The fourth-order valence-electron chi connectivity index (χ4n) is 2.48. The molecular formula is C17H12Cl2N6O. The molecule has 1 aromatic carbocycles. The van der Waals surface area contributed by atoms with Gasteiger partial charge in [-0.1, -0.05) is 29.3 Å². The lowest BCUT2D eigenvalue weighted by Gasteiger charge is -2.06. The number of nitrogens with one attached hydrogen (secondary N) is 1. The summed E-state index contributed by atoms with van der Waals surface area (Å²) in [5.41, 5.74) is 1.62. The summed E-state index contributed by atoms with van der Waals surface area (Å²) in [6, 6.07) is 10.4. The monoisotopic (exact) mass is 386 g/mol. The summed E-state index contributed by atoms with van der Waals surface area (Å²) in [7, 11) is 0. The highest BCUT2D eigenvalue weighted by Gasteiger charge is 2.13. The van der Waals surface area contributed by atoms with Crippen LogP contribution in [0.15, 0.2) is 55.0 Å². The van der Waals surface area contributed by atoms with Gasteiger partial charge in [-0.15, -0.1) is 0 Å². The molecule has 0 aliphatic rings. The van der Waals surface area contributed by atoms with Gasteiger partial charge >= 0.3 is 0 Å². The minimum Gasteiger partial charge on any atom is -0.304 e. The lowest BCUT2D eigenvalue weighted by Crippen LogP contribution is -2.13. The topological polar surface area (TPSA) is 77.1 Å². The molecule has 1 amide bonds. The Kier molecular flexibility index (Phi) is 4.32. The van der Waals surface area contributed by atoms with Gasteiger partial charge < -0.3 is 5.32 Å². The minimum atomic E-state index is -0.364. The molecule has 0 bridgehead atoms. The summed E-state index contributed by atoms with van der Waals surface area (Å²) in [6.45, 7) is 0.395. The van der Waals surface area contributed by atoms with Gasteiger partial charge in [0.05, 0.1) is 6.54 Å². The van der Waals surface area contributed by atoms with E-state index in [2.05, 4.69) is 20.5 Å². The number of aromatic nitrogens is 5. The zero-order chi connectivity index (χ0) is 18.1. The molecule has 0 atom stereocenters. The Hall–Kier alpha value is -2.90. The maximum Gasteiger partial charge on any atom is 0.277 e. The van der Waals surface area contributed by atoms with Crippen LogP contribution in [0.3, 0.4) is 0 Å². The van der Waals surface area contributed by atoms with Gasteiger partial charge in [0.25, 0.3) is 5.91 Å². The zero-order valence-corrected chi connectivity index (χ0v) is 14.8. The van der Waals surface area contributed by atoms with Crippen molar-refractivity contribution < 1.29 is 4.79 Å². The van der Waals surface area contributed by atoms with Crippen molar-refractivity contribution in [1.29, 1.82) is 0 Å². The van der Waals surface area contributed by atoms with Crippen molar-refractivity contribution in [3.8, 4) is 0 Å². The van der Waals surface area contributed by atoms with Gasteiger partial charge in [-0.25, -0.2) is 9.50 Å². The normalized spacial score (nSPS) is 11.0. The van der Waals surface area contributed by atoms with Crippen LogP contribution in [0.25, 0.3) is 5.65 Å². The number of halogens is 2. The van der Waals surface area contributed by atoms with Gasteiger partial charge in [0.2, 0.25) is 0 Å². The summed E-state index contributed by atoms with van der Waals surface area (Å²) in [5, 5.41) is 12.3. The van der Waals surface area contributed by atoms with E-state index in [-0.39, 0.29) is 11.6 Å². The second kappa shape index (κ2) is 6.78. The average Bonchev–Trinajstić information content (AvgIpc) is 3.25. The molecule has 1 N–H and O–H groups in total. The van der Waals surface area contributed by atoms with Crippen LogP contribution in [-0.4, -0.2) is 30.3 Å². The van der Waals surface area contributed by atoms with E-state index < -0.39 is 0 Å². The van der Waals surface area contributed by atoms with E-state index in [1.807, 2.05) is 0 Å². The van der Waals surface area contributed by atoms with Crippen LogP contribution in [0, 0.1) is 0 Å². The molecule has 0 fully saturated rings. The number of fused-ring (bicyclic) bond motifs is 1. The number of carbonyl (C=O) groups is 1. The Morgan fingerprint density at radius 2 is 1.88 bits per heavy atom. The summed E-state index contributed by atoms with van der Waals surface area (Å²) in [5.74, 6) is 0.0414. The lowest BCUT2D eigenvalue weighted by atomic mass is 10.2. The van der Waals surface area contributed by atoms with Gasteiger partial charge in [0.1, 0.15) is 0 Å². The first-order valence-corrected chi connectivity index (χ1v) is 8.44. The van der Waals surface area contributed by atoms with Crippen molar-refractivity contribution >= 4 is 40.6 Å². The first-order chi connectivity index (χ1) is 12.6. The van der Waals surface area contributed by atoms with Crippen LogP contribution in [-0.2, 0) is 6.54 Å². The van der Waals surface area contributed by atoms with Crippen LogP contribution in [0.2, 0.25) is 10.0 Å². The fourth-order valence-corrected chi connectivity index (χ4v) is 3.00. The van der Waals surface area contributed by atoms with E-state index in [9.17, 15) is 4.79 Å². The third-order valence-corrected chi connectivity index (χ3v) is 4.44. The number of anilines is 1. The number of rotatable bonds is 4. The Morgan fingerprint density at radius 3 is 2.65 bits per heavy atom. The number of amides is 1. The van der Waals surface area contributed by atoms with Crippen LogP contribution >= 0.6 is 23.2 Å². The first kappa shape index (κ1) is 16.6. The molecule has 4 aromatic rings. The molecule has 3 aromatic heterocycles. The Balaban J connectivity index is 1.50. The van der Waals surface area contributed by atoms with Crippen molar-refractivity contribution in [2.75, 3.05) is 5.32 Å². The fraction of sp³-hybridized carbons (Fsp3) is 0.0588. The SMILES string of the molecule is O=C(Nc1ccn(Cc2c(Cl)cccc2Cl)n1)c1cc2ncccn2n1. The van der Waals surface area contributed by atoms with E-state index in [1.165, 1.54) is 4.52 Å². The Morgan fingerprint density at radius 1 is 1.08 bits per heavy atom. The van der Waals surface area contributed by atoms with Gasteiger partial charge in [0, 0.05) is 46.3 Å². The van der Waals surface area contributed by atoms with Crippen molar-refractivity contribution in [2.45, 2.75) is 6.54 Å². The number of nitrogens with zero attached hydrogens (tertiary/aromatic N) is 5. The predicted molar refractivity (Wildman–Crippen MR) is 98.7 cm³/mol. The quantitative estimate of drug-likeness (QED) is 0.581. The highest BCUT2D eigenvalue weighted by molar-refractivity contribution is 6.35. The lowest BCUT2D eigenvalue weighted by molar-refractivity contribution is 0.102. The molecule has 0 unspecified atom stereocenters.